The molecule has 1 aliphatic heterocycles. The van der Waals surface area contributed by atoms with Gasteiger partial charge in [0.15, 0.2) is 0 Å². The van der Waals surface area contributed by atoms with Gasteiger partial charge in [0.1, 0.15) is 0 Å². The van der Waals surface area contributed by atoms with Crippen LogP contribution in [0.1, 0.15) is 18.4 Å². The van der Waals surface area contributed by atoms with Crippen LogP contribution in [0.5, 0.6) is 0 Å². The van der Waals surface area contributed by atoms with Crippen LogP contribution in [0.2, 0.25) is 0 Å². The molecule has 1 unspecified atom stereocenters. The van der Waals surface area contributed by atoms with Crippen molar-refractivity contribution in [1.82, 2.24) is 4.72 Å². The molecule has 0 spiro atoms. The summed E-state index contributed by atoms with van der Waals surface area (Å²) >= 11 is 0. The van der Waals surface area contributed by atoms with E-state index in [0.29, 0.717) is 18.9 Å². The first kappa shape index (κ1) is 13.3. The maximum atomic E-state index is 12.2. The van der Waals surface area contributed by atoms with Crippen molar-refractivity contribution < 1.29 is 13.2 Å². The maximum Gasteiger partial charge on any atom is 0.240 e. The summed E-state index contributed by atoms with van der Waals surface area (Å²) in [7, 11) is -3.51. The molecule has 1 aliphatic rings. The fraction of sp³-hybridized carbons (Fsp3) is 0.500. The van der Waals surface area contributed by atoms with Gasteiger partial charge in [0.2, 0.25) is 10.0 Å². The van der Waals surface area contributed by atoms with Crippen LogP contribution in [0, 0.1) is 6.92 Å². The number of hydrogen-bond acceptors (Lipinski definition) is 4. The number of nitrogens with two attached hydrogens (primary N) is 1. The lowest BCUT2D eigenvalue weighted by Crippen LogP contribution is -2.40. The summed E-state index contributed by atoms with van der Waals surface area (Å²) in [6, 6.07) is 4.68. The van der Waals surface area contributed by atoms with Crippen molar-refractivity contribution in [1.29, 1.82) is 0 Å². The molecule has 3 N–H and O–H groups in total. The van der Waals surface area contributed by atoms with E-state index in [-0.39, 0.29) is 10.9 Å². The van der Waals surface area contributed by atoms with Gasteiger partial charge < -0.3 is 10.5 Å². The summed E-state index contributed by atoms with van der Waals surface area (Å²) in [6.45, 7) is 2.95. The van der Waals surface area contributed by atoms with Gasteiger partial charge in [0.05, 0.1) is 11.5 Å². The molecule has 0 aromatic heterocycles. The van der Waals surface area contributed by atoms with Crippen molar-refractivity contribution in [3.05, 3.63) is 23.8 Å². The number of aryl methyl sites for hydroxylation is 1. The summed E-state index contributed by atoms with van der Waals surface area (Å²) in [4.78, 5) is 0.213. The van der Waals surface area contributed by atoms with Gasteiger partial charge in [-0.2, -0.15) is 0 Å². The number of ether oxygens (including phenoxy) is 1. The van der Waals surface area contributed by atoms with Crippen LogP contribution in [0.25, 0.3) is 0 Å². The first-order chi connectivity index (χ1) is 8.47. The van der Waals surface area contributed by atoms with Crippen LogP contribution in [0.15, 0.2) is 23.1 Å². The Bertz CT molecular complexity index is 502. The molecule has 18 heavy (non-hydrogen) atoms. The second-order valence-corrected chi connectivity index (χ2v) is 6.33. The minimum Gasteiger partial charge on any atom is -0.399 e. The number of nitrogens with one attached hydrogen (secondary N) is 1. The van der Waals surface area contributed by atoms with E-state index in [1.807, 2.05) is 6.92 Å². The monoisotopic (exact) mass is 270 g/mol. The fourth-order valence-electron chi connectivity index (χ4n) is 2.05. The fourth-order valence-corrected chi connectivity index (χ4v) is 3.45. The van der Waals surface area contributed by atoms with Gasteiger partial charge in [-0.1, -0.05) is 0 Å². The number of benzene rings is 1. The topological polar surface area (TPSA) is 81.4 Å². The summed E-state index contributed by atoms with van der Waals surface area (Å²) in [5, 5.41) is 0. The van der Waals surface area contributed by atoms with Crippen LogP contribution in [-0.2, 0) is 14.8 Å². The smallest absolute Gasteiger partial charge is 0.240 e. The Labute approximate surface area is 107 Å². The van der Waals surface area contributed by atoms with Crippen LogP contribution < -0.4 is 10.5 Å². The molecule has 0 bridgehead atoms. The molecule has 0 radical (unpaired) electrons. The first-order valence-corrected chi connectivity index (χ1v) is 7.43. The zero-order valence-corrected chi connectivity index (χ0v) is 11.2. The Morgan fingerprint density at radius 2 is 2.17 bits per heavy atom. The largest absolute Gasteiger partial charge is 0.399 e. The minimum absolute atomic E-state index is 0.148. The quantitative estimate of drug-likeness (QED) is 0.804. The van der Waals surface area contributed by atoms with Gasteiger partial charge in [-0.15, -0.1) is 0 Å². The average Bonchev–Trinajstić information content (AvgIpc) is 2.28. The molecular formula is C12H18N2O3S. The van der Waals surface area contributed by atoms with Crippen LogP contribution in [0.3, 0.4) is 0 Å². The van der Waals surface area contributed by atoms with Crippen LogP contribution in [0.4, 0.5) is 5.69 Å². The van der Waals surface area contributed by atoms with Crippen molar-refractivity contribution in [3.8, 4) is 0 Å². The zero-order chi connectivity index (χ0) is 13.2. The standard InChI is InChI=1S/C12H18N2O3S/c1-9-5-10(13)7-12(6-9)18(15,16)14-11-3-2-4-17-8-11/h5-7,11,14H,2-4,8,13H2,1H3. The van der Waals surface area contributed by atoms with E-state index in [9.17, 15) is 8.42 Å². The van der Waals surface area contributed by atoms with Crippen molar-refractivity contribution >= 4 is 15.7 Å². The van der Waals surface area contributed by atoms with E-state index in [0.717, 1.165) is 18.4 Å². The summed E-state index contributed by atoms with van der Waals surface area (Å²) in [5.74, 6) is 0. The Hall–Kier alpha value is -1.11. The molecule has 6 heteroatoms. The number of hydrogen-bond donors (Lipinski definition) is 2. The predicted octanol–water partition coefficient (Wildman–Crippen LogP) is 1.03. The number of anilines is 1. The molecule has 0 saturated carbocycles. The third-order valence-electron chi connectivity index (χ3n) is 2.87. The molecule has 1 saturated heterocycles. The lowest BCUT2D eigenvalue weighted by molar-refractivity contribution is 0.0774. The van der Waals surface area contributed by atoms with Crippen molar-refractivity contribution in [2.24, 2.45) is 0 Å². The van der Waals surface area contributed by atoms with E-state index < -0.39 is 10.0 Å². The summed E-state index contributed by atoms with van der Waals surface area (Å²) in [6.07, 6.45) is 1.68. The molecular weight excluding hydrogens is 252 g/mol. The highest BCUT2D eigenvalue weighted by atomic mass is 32.2. The normalized spacial score (nSPS) is 20.8. The van der Waals surface area contributed by atoms with Crippen LogP contribution >= 0.6 is 0 Å². The van der Waals surface area contributed by atoms with Crippen LogP contribution in [-0.4, -0.2) is 27.7 Å². The van der Waals surface area contributed by atoms with Gasteiger partial charge in [0.25, 0.3) is 0 Å². The van der Waals surface area contributed by atoms with Gasteiger partial charge >= 0.3 is 0 Å². The van der Waals surface area contributed by atoms with Gasteiger partial charge in [0, 0.05) is 18.3 Å². The molecule has 1 heterocycles. The SMILES string of the molecule is Cc1cc(N)cc(S(=O)(=O)NC2CCCOC2)c1. The lowest BCUT2D eigenvalue weighted by atomic mass is 10.1. The molecule has 5 nitrogen and oxygen atoms in total. The van der Waals surface area contributed by atoms with Gasteiger partial charge in [-0.3, -0.25) is 0 Å². The summed E-state index contributed by atoms with van der Waals surface area (Å²) < 4.78 is 32.3. The molecule has 1 atom stereocenters. The minimum atomic E-state index is -3.51. The zero-order valence-electron chi connectivity index (χ0n) is 10.3. The van der Waals surface area contributed by atoms with Crippen molar-refractivity contribution in [2.45, 2.75) is 30.7 Å². The van der Waals surface area contributed by atoms with E-state index >= 15 is 0 Å². The summed E-state index contributed by atoms with van der Waals surface area (Å²) in [5.41, 5.74) is 6.96. The Morgan fingerprint density at radius 1 is 1.39 bits per heavy atom. The molecule has 1 aromatic rings. The Kier molecular flexibility index (Phi) is 3.89. The van der Waals surface area contributed by atoms with Gasteiger partial charge in [-0.05, 0) is 43.5 Å². The Morgan fingerprint density at radius 3 is 2.78 bits per heavy atom. The molecule has 2 rings (SSSR count). The number of nitrogen functional groups attached to an aromatic ring is 1. The van der Waals surface area contributed by atoms with Crippen molar-refractivity contribution in [2.75, 3.05) is 18.9 Å². The van der Waals surface area contributed by atoms with E-state index in [1.54, 1.807) is 12.1 Å². The maximum absolute atomic E-state index is 12.2. The highest BCUT2D eigenvalue weighted by molar-refractivity contribution is 7.89. The highest BCUT2D eigenvalue weighted by Gasteiger charge is 2.22. The molecule has 100 valence electrons. The Balaban J connectivity index is 2.19. The molecule has 1 fully saturated rings. The number of sulfonamides is 1. The van der Waals surface area contributed by atoms with E-state index in [1.165, 1.54) is 6.07 Å². The molecule has 1 aromatic carbocycles. The molecule has 0 aliphatic carbocycles. The predicted molar refractivity (Wildman–Crippen MR) is 69.8 cm³/mol. The first-order valence-electron chi connectivity index (χ1n) is 5.94. The second-order valence-electron chi connectivity index (χ2n) is 4.61. The van der Waals surface area contributed by atoms with E-state index in [2.05, 4.69) is 4.72 Å². The van der Waals surface area contributed by atoms with Gasteiger partial charge in [-0.25, -0.2) is 13.1 Å². The van der Waals surface area contributed by atoms with E-state index in [4.69, 9.17) is 10.5 Å². The third-order valence-corrected chi connectivity index (χ3v) is 4.37. The lowest BCUT2D eigenvalue weighted by Gasteiger charge is -2.23. The number of rotatable bonds is 3. The third kappa shape index (κ3) is 3.22. The molecule has 0 amide bonds. The highest BCUT2D eigenvalue weighted by Crippen LogP contribution is 2.17. The second kappa shape index (κ2) is 5.26. The average molecular weight is 270 g/mol. The van der Waals surface area contributed by atoms with Crippen molar-refractivity contribution in [3.63, 3.8) is 0 Å².